The van der Waals surface area contributed by atoms with Crippen LogP contribution in [0.15, 0.2) is 18.2 Å². The SMILES string of the molecule is CC(C)CCn1c(CCCl)nc2cc(I)ccc21. The van der Waals surface area contributed by atoms with Gasteiger partial charge < -0.3 is 4.57 Å². The number of benzene rings is 1. The van der Waals surface area contributed by atoms with E-state index in [0.717, 1.165) is 24.3 Å². The zero-order valence-electron chi connectivity index (χ0n) is 10.8. The molecule has 0 aliphatic rings. The van der Waals surface area contributed by atoms with Gasteiger partial charge in [-0.15, -0.1) is 11.6 Å². The summed E-state index contributed by atoms with van der Waals surface area (Å²) in [5.41, 5.74) is 2.32. The van der Waals surface area contributed by atoms with Gasteiger partial charge in [0.25, 0.3) is 0 Å². The third-order valence-electron chi connectivity index (χ3n) is 3.04. The van der Waals surface area contributed by atoms with E-state index in [0.29, 0.717) is 11.8 Å². The number of nitrogens with zero attached hydrogens (tertiary/aromatic N) is 2. The highest BCUT2D eigenvalue weighted by molar-refractivity contribution is 14.1. The fourth-order valence-corrected chi connectivity index (χ4v) is 2.71. The Morgan fingerprint density at radius 1 is 1.39 bits per heavy atom. The fourth-order valence-electron chi connectivity index (χ4n) is 2.07. The third kappa shape index (κ3) is 3.18. The van der Waals surface area contributed by atoms with Gasteiger partial charge in [-0.2, -0.15) is 0 Å². The van der Waals surface area contributed by atoms with Crippen LogP contribution in [0, 0.1) is 9.49 Å². The van der Waals surface area contributed by atoms with Crippen LogP contribution in [0.2, 0.25) is 0 Å². The second-order valence-electron chi connectivity index (χ2n) is 4.93. The first-order chi connectivity index (χ1) is 8.61. The van der Waals surface area contributed by atoms with Crippen molar-refractivity contribution in [3.8, 4) is 0 Å². The molecule has 2 aromatic rings. The topological polar surface area (TPSA) is 17.8 Å². The fraction of sp³-hybridized carbons (Fsp3) is 0.500. The molecule has 1 aromatic carbocycles. The summed E-state index contributed by atoms with van der Waals surface area (Å²) in [6.45, 7) is 5.54. The summed E-state index contributed by atoms with van der Waals surface area (Å²) in [4.78, 5) is 4.71. The molecule has 0 N–H and O–H groups in total. The molecular weight excluding hydrogens is 359 g/mol. The Morgan fingerprint density at radius 2 is 2.17 bits per heavy atom. The van der Waals surface area contributed by atoms with Gasteiger partial charge in [0, 0.05) is 22.4 Å². The van der Waals surface area contributed by atoms with Crippen molar-refractivity contribution in [2.45, 2.75) is 33.2 Å². The van der Waals surface area contributed by atoms with Gasteiger partial charge in [-0.3, -0.25) is 0 Å². The maximum Gasteiger partial charge on any atom is 0.111 e. The molecule has 0 aliphatic heterocycles. The van der Waals surface area contributed by atoms with Crippen molar-refractivity contribution in [3.63, 3.8) is 0 Å². The molecule has 0 saturated carbocycles. The minimum absolute atomic E-state index is 0.627. The predicted molar refractivity (Wildman–Crippen MR) is 86.3 cm³/mol. The Morgan fingerprint density at radius 3 is 2.83 bits per heavy atom. The Hall–Kier alpha value is -0.290. The Bertz CT molecular complexity index is 534. The molecule has 0 bridgehead atoms. The summed E-state index contributed by atoms with van der Waals surface area (Å²) < 4.78 is 3.55. The van der Waals surface area contributed by atoms with E-state index in [1.54, 1.807) is 0 Å². The van der Waals surface area contributed by atoms with Gasteiger partial charge in [-0.05, 0) is 53.1 Å². The highest BCUT2D eigenvalue weighted by Crippen LogP contribution is 2.21. The number of rotatable bonds is 5. The lowest BCUT2D eigenvalue weighted by molar-refractivity contribution is 0.513. The molecule has 0 radical (unpaired) electrons. The second-order valence-corrected chi connectivity index (χ2v) is 6.56. The summed E-state index contributed by atoms with van der Waals surface area (Å²) in [5.74, 6) is 2.44. The van der Waals surface area contributed by atoms with Gasteiger partial charge >= 0.3 is 0 Å². The molecule has 2 nitrogen and oxygen atoms in total. The van der Waals surface area contributed by atoms with Gasteiger partial charge in [0.15, 0.2) is 0 Å². The molecule has 98 valence electrons. The number of hydrogen-bond acceptors (Lipinski definition) is 1. The molecule has 0 saturated heterocycles. The molecule has 0 aliphatic carbocycles. The molecule has 0 spiro atoms. The van der Waals surface area contributed by atoms with Crippen molar-refractivity contribution >= 4 is 45.2 Å². The quantitative estimate of drug-likeness (QED) is 0.556. The van der Waals surface area contributed by atoms with Crippen molar-refractivity contribution in [3.05, 3.63) is 27.6 Å². The van der Waals surface area contributed by atoms with Gasteiger partial charge in [-0.25, -0.2) is 4.98 Å². The van der Waals surface area contributed by atoms with Crippen molar-refractivity contribution in [1.29, 1.82) is 0 Å². The first-order valence-electron chi connectivity index (χ1n) is 6.32. The highest BCUT2D eigenvalue weighted by atomic mass is 127. The summed E-state index contributed by atoms with van der Waals surface area (Å²) in [6.07, 6.45) is 2.01. The summed E-state index contributed by atoms with van der Waals surface area (Å²) in [6, 6.07) is 6.45. The lowest BCUT2D eigenvalue weighted by Gasteiger charge is -2.10. The van der Waals surface area contributed by atoms with Crippen LogP contribution in [0.1, 0.15) is 26.1 Å². The van der Waals surface area contributed by atoms with Crippen molar-refractivity contribution in [2.24, 2.45) is 5.92 Å². The Kier molecular flexibility index (Phi) is 4.90. The number of imidazole rings is 1. The second kappa shape index (κ2) is 6.24. The van der Waals surface area contributed by atoms with E-state index in [9.17, 15) is 0 Å². The maximum absolute atomic E-state index is 5.87. The third-order valence-corrected chi connectivity index (χ3v) is 3.90. The van der Waals surface area contributed by atoms with Crippen molar-refractivity contribution in [1.82, 2.24) is 9.55 Å². The van der Waals surface area contributed by atoms with Crippen LogP contribution in [0.5, 0.6) is 0 Å². The minimum atomic E-state index is 0.627. The molecule has 2 rings (SSSR count). The first kappa shape index (κ1) is 14.1. The minimum Gasteiger partial charge on any atom is -0.328 e. The highest BCUT2D eigenvalue weighted by Gasteiger charge is 2.10. The van der Waals surface area contributed by atoms with E-state index in [-0.39, 0.29) is 0 Å². The van der Waals surface area contributed by atoms with E-state index in [1.165, 1.54) is 15.5 Å². The number of aromatic nitrogens is 2. The van der Waals surface area contributed by atoms with E-state index in [4.69, 9.17) is 16.6 Å². The van der Waals surface area contributed by atoms with Gasteiger partial charge in [-0.1, -0.05) is 13.8 Å². The van der Waals surface area contributed by atoms with Crippen LogP contribution >= 0.6 is 34.2 Å². The van der Waals surface area contributed by atoms with Crippen molar-refractivity contribution in [2.75, 3.05) is 5.88 Å². The predicted octanol–water partition coefficient (Wildman–Crippen LogP) is 4.47. The first-order valence-corrected chi connectivity index (χ1v) is 7.93. The molecule has 1 heterocycles. The largest absolute Gasteiger partial charge is 0.328 e. The van der Waals surface area contributed by atoms with Crippen molar-refractivity contribution < 1.29 is 0 Å². The van der Waals surface area contributed by atoms with E-state index in [2.05, 4.69) is 59.2 Å². The Labute approximate surface area is 127 Å². The van der Waals surface area contributed by atoms with Gasteiger partial charge in [0.05, 0.1) is 11.0 Å². The number of fused-ring (bicyclic) bond motifs is 1. The smallest absolute Gasteiger partial charge is 0.111 e. The van der Waals surface area contributed by atoms with Gasteiger partial charge in [0.1, 0.15) is 5.82 Å². The van der Waals surface area contributed by atoms with Crippen LogP contribution in [-0.2, 0) is 13.0 Å². The summed E-state index contributed by atoms with van der Waals surface area (Å²) in [5, 5.41) is 0. The van der Waals surface area contributed by atoms with Gasteiger partial charge in [0.2, 0.25) is 0 Å². The Balaban J connectivity index is 2.41. The van der Waals surface area contributed by atoms with Crippen LogP contribution in [0.3, 0.4) is 0 Å². The lowest BCUT2D eigenvalue weighted by atomic mass is 10.1. The normalized spacial score (nSPS) is 11.6. The molecule has 0 fully saturated rings. The zero-order chi connectivity index (χ0) is 13.1. The molecule has 0 amide bonds. The van der Waals surface area contributed by atoms with Crippen LogP contribution < -0.4 is 0 Å². The number of hydrogen-bond donors (Lipinski definition) is 0. The molecular formula is C14H18ClIN2. The van der Waals surface area contributed by atoms with Crippen LogP contribution in [-0.4, -0.2) is 15.4 Å². The number of aryl methyl sites for hydroxylation is 2. The molecule has 18 heavy (non-hydrogen) atoms. The average molecular weight is 377 g/mol. The maximum atomic E-state index is 5.87. The molecule has 0 atom stereocenters. The monoisotopic (exact) mass is 376 g/mol. The molecule has 4 heteroatoms. The van der Waals surface area contributed by atoms with E-state index >= 15 is 0 Å². The van der Waals surface area contributed by atoms with E-state index < -0.39 is 0 Å². The average Bonchev–Trinajstić information content (AvgIpc) is 2.63. The molecule has 0 unspecified atom stereocenters. The lowest BCUT2D eigenvalue weighted by Crippen LogP contribution is -2.06. The summed E-state index contributed by atoms with van der Waals surface area (Å²) in [7, 11) is 0. The zero-order valence-corrected chi connectivity index (χ0v) is 13.7. The summed E-state index contributed by atoms with van der Waals surface area (Å²) >= 11 is 8.20. The number of halogens is 2. The van der Waals surface area contributed by atoms with E-state index in [1.807, 2.05) is 0 Å². The van der Waals surface area contributed by atoms with Crippen LogP contribution in [0.4, 0.5) is 0 Å². The molecule has 1 aromatic heterocycles. The standard InChI is InChI=1S/C14H18ClIN2/c1-10(2)6-8-18-13-4-3-11(16)9-12(13)17-14(18)5-7-15/h3-4,9-10H,5-8H2,1-2H3. The number of alkyl halides is 1. The van der Waals surface area contributed by atoms with Crippen LogP contribution in [0.25, 0.3) is 11.0 Å².